The number of hydrogen-bond acceptors (Lipinski definition) is 6. The summed E-state index contributed by atoms with van der Waals surface area (Å²) < 4.78 is 18.6. The number of hydrogen-bond donors (Lipinski definition) is 0. The van der Waals surface area contributed by atoms with Crippen molar-refractivity contribution in [2.45, 2.75) is 20.5 Å². The van der Waals surface area contributed by atoms with E-state index in [-0.39, 0.29) is 12.7 Å². The van der Waals surface area contributed by atoms with Gasteiger partial charge >= 0.3 is 0 Å². The lowest BCUT2D eigenvalue weighted by Crippen LogP contribution is -2.28. The second-order valence-corrected chi connectivity index (χ2v) is 9.73. The quantitative estimate of drug-likeness (QED) is 0.310. The van der Waals surface area contributed by atoms with Gasteiger partial charge in [0.2, 0.25) is 6.79 Å². The van der Waals surface area contributed by atoms with Crippen LogP contribution in [0, 0.1) is 3.57 Å². The lowest BCUT2D eigenvalue weighted by Gasteiger charge is -2.12. The van der Waals surface area contributed by atoms with Gasteiger partial charge < -0.3 is 14.2 Å². The molecular formula is C22H20BrIN2O4S. The molecule has 2 aliphatic rings. The van der Waals surface area contributed by atoms with E-state index in [1.54, 1.807) is 4.90 Å². The van der Waals surface area contributed by atoms with E-state index in [1.165, 1.54) is 11.8 Å². The van der Waals surface area contributed by atoms with E-state index in [9.17, 15) is 4.79 Å². The number of ether oxygens (including phenoxy) is 3. The maximum atomic E-state index is 12.7. The predicted molar refractivity (Wildman–Crippen MR) is 135 cm³/mol. The van der Waals surface area contributed by atoms with E-state index >= 15 is 0 Å². The first-order valence-corrected chi connectivity index (χ1v) is 12.4. The number of amides is 1. The van der Waals surface area contributed by atoms with Gasteiger partial charge in [-0.15, -0.1) is 0 Å². The number of amidine groups is 1. The largest absolute Gasteiger partial charge is 0.487 e. The molecule has 1 fully saturated rings. The van der Waals surface area contributed by atoms with E-state index in [4.69, 9.17) is 14.2 Å². The Hall–Kier alpha value is -1.72. The summed E-state index contributed by atoms with van der Waals surface area (Å²) in [6.45, 7) is 5.84. The number of thioether (sulfide) groups is 1. The van der Waals surface area contributed by atoms with Gasteiger partial charge in [-0.05, 0) is 106 Å². The molecule has 0 aliphatic carbocycles. The van der Waals surface area contributed by atoms with Gasteiger partial charge in [0.15, 0.2) is 16.7 Å². The first-order chi connectivity index (χ1) is 15.0. The van der Waals surface area contributed by atoms with Gasteiger partial charge in [0.25, 0.3) is 5.91 Å². The molecule has 0 N–H and O–H groups in total. The highest BCUT2D eigenvalue weighted by Gasteiger charge is 2.31. The minimum Gasteiger partial charge on any atom is -0.487 e. The Morgan fingerprint density at radius 3 is 2.81 bits per heavy atom. The standard InChI is InChI=1S/C22H20BrIN2O4S/c1-3-25-22-26(4-2)21(27)19(31-22)10-14-7-15(23)20(16(24)8-14)28-11-13-5-6-17-18(9-13)30-12-29-17/h5-10H,3-4,11-12H2,1-2H3/b19-10-,25-22?. The normalized spacial score (nSPS) is 17.8. The summed E-state index contributed by atoms with van der Waals surface area (Å²) in [5.74, 6) is 2.25. The SMILES string of the molecule is CCN=C1S/C(=C\c2cc(Br)c(OCc3ccc4c(c3)OCO4)c(I)c2)C(=O)N1CC. The molecule has 0 spiro atoms. The molecule has 0 radical (unpaired) electrons. The molecule has 31 heavy (non-hydrogen) atoms. The summed E-state index contributed by atoms with van der Waals surface area (Å²) in [5, 5.41) is 0.763. The fraction of sp³-hybridized carbons (Fsp3) is 0.273. The molecule has 162 valence electrons. The van der Waals surface area contributed by atoms with E-state index in [0.717, 1.165) is 41.6 Å². The van der Waals surface area contributed by atoms with Gasteiger partial charge in [-0.2, -0.15) is 0 Å². The molecule has 0 aromatic heterocycles. The summed E-state index contributed by atoms with van der Waals surface area (Å²) in [4.78, 5) is 19.5. The Balaban J connectivity index is 1.51. The highest BCUT2D eigenvalue weighted by molar-refractivity contribution is 14.1. The maximum absolute atomic E-state index is 12.7. The minimum absolute atomic E-state index is 0.00559. The van der Waals surface area contributed by atoms with Crippen molar-refractivity contribution in [3.05, 3.63) is 54.4 Å². The lowest BCUT2D eigenvalue weighted by molar-refractivity contribution is -0.122. The van der Waals surface area contributed by atoms with Gasteiger partial charge in [0, 0.05) is 13.1 Å². The molecule has 6 nitrogen and oxygen atoms in total. The Kier molecular flexibility index (Phi) is 7.12. The molecule has 9 heteroatoms. The number of halogens is 2. The van der Waals surface area contributed by atoms with Crippen molar-refractivity contribution >= 4 is 67.4 Å². The van der Waals surface area contributed by atoms with Crippen molar-refractivity contribution in [1.82, 2.24) is 4.90 Å². The third kappa shape index (κ3) is 4.88. The van der Waals surface area contributed by atoms with Crippen LogP contribution < -0.4 is 14.2 Å². The van der Waals surface area contributed by atoms with Crippen molar-refractivity contribution in [2.75, 3.05) is 19.9 Å². The Bertz CT molecular complexity index is 1070. The second-order valence-electron chi connectivity index (χ2n) is 6.71. The average molecular weight is 615 g/mol. The maximum Gasteiger partial charge on any atom is 0.266 e. The van der Waals surface area contributed by atoms with Crippen molar-refractivity contribution in [2.24, 2.45) is 4.99 Å². The Morgan fingerprint density at radius 2 is 2.06 bits per heavy atom. The first-order valence-electron chi connectivity index (χ1n) is 9.76. The third-order valence-electron chi connectivity index (χ3n) is 4.64. The fourth-order valence-electron chi connectivity index (χ4n) is 3.18. The smallest absolute Gasteiger partial charge is 0.266 e. The molecule has 2 aromatic carbocycles. The highest BCUT2D eigenvalue weighted by Crippen LogP contribution is 2.37. The topological polar surface area (TPSA) is 60.4 Å². The Morgan fingerprint density at radius 1 is 1.26 bits per heavy atom. The summed E-state index contributed by atoms with van der Waals surface area (Å²) in [6, 6.07) is 9.75. The molecule has 0 atom stereocenters. The van der Waals surface area contributed by atoms with Gasteiger partial charge in [-0.1, -0.05) is 6.07 Å². The zero-order valence-electron chi connectivity index (χ0n) is 17.0. The van der Waals surface area contributed by atoms with E-state index < -0.39 is 0 Å². The molecule has 0 saturated carbocycles. The van der Waals surface area contributed by atoms with Crippen LogP contribution in [0.3, 0.4) is 0 Å². The second kappa shape index (κ2) is 9.83. The van der Waals surface area contributed by atoms with E-state index in [0.29, 0.717) is 24.6 Å². The molecule has 1 saturated heterocycles. The van der Waals surface area contributed by atoms with Crippen LogP contribution >= 0.6 is 50.3 Å². The molecule has 0 unspecified atom stereocenters. The number of aliphatic imine (C=N–C) groups is 1. The van der Waals surface area contributed by atoms with E-state index in [1.807, 2.05) is 50.3 Å². The van der Waals surface area contributed by atoms with Gasteiger partial charge in [-0.3, -0.25) is 14.7 Å². The van der Waals surface area contributed by atoms with Crippen LogP contribution in [-0.4, -0.2) is 35.9 Å². The van der Waals surface area contributed by atoms with Crippen LogP contribution in [0.1, 0.15) is 25.0 Å². The molecule has 4 rings (SSSR count). The van der Waals surface area contributed by atoms with Crippen LogP contribution in [0.15, 0.2) is 44.7 Å². The van der Waals surface area contributed by atoms with Crippen LogP contribution in [0.25, 0.3) is 6.08 Å². The minimum atomic E-state index is -0.00559. The summed E-state index contributed by atoms with van der Waals surface area (Å²) in [6.07, 6.45) is 1.91. The van der Waals surface area contributed by atoms with Gasteiger partial charge in [0.1, 0.15) is 12.4 Å². The number of nitrogens with zero attached hydrogens (tertiary/aromatic N) is 2. The molecular weight excluding hydrogens is 595 g/mol. The number of carbonyl (C=O) groups excluding carboxylic acids is 1. The van der Waals surface area contributed by atoms with Gasteiger partial charge in [-0.25, -0.2) is 0 Å². The zero-order chi connectivity index (χ0) is 22.0. The zero-order valence-corrected chi connectivity index (χ0v) is 21.5. The van der Waals surface area contributed by atoms with Crippen molar-refractivity contribution in [1.29, 1.82) is 0 Å². The molecule has 2 aliphatic heterocycles. The number of benzene rings is 2. The van der Waals surface area contributed by atoms with Crippen LogP contribution in [-0.2, 0) is 11.4 Å². The molecule has 2 heterocycles. The van der Waals surface area contributed by atoms with Crippen LogP contribution in [0.2, 0.25) is 0 Å². The van der Waals surface area contributed by atoms with Crippen LogP contribution in [0.4, 0.5) is 0 Å². The summed E-state index contributed by atoms with van der Waals surface area (Å²) in [5.41, 5.74) is 1.92. The van der Waals surface area contributed by atoms with E-state index in [2.05, 4.69) is 43.5 Å². The summed E-state index contributed by atoms with van der Waals surface area (Å²) >= 11 is 7.29. The fourth-order valence-corrected chi connectivity index (χ4v) is 6.05. The average Bonchev–Trinajstić information content (AvgIpc) is 3.31. The first kappa shape index (κ1) is 22.5. The molecule has 2 aromatic rings. The van der Waals surface area contributed by atoms with Crippen molar-refractivity contribution in [3.8, 4) is 17.2 Å². The number of likely N-dealkylation sites (N-methyl/N-ethyl adjacent to an activating group) is 1. The van der Waals surface area contributed by atoms with Gasteiger partial charge in [0.05, 0.1) is 12.9 Å². The number of carbonyl (C=O) groups is 1. The van der Waals surface area contributed by atoms with Crippen molar-refractivity contribution in [3.63, 3.8) is 0 Å². The van der Waals surface area contributed by atoms with Crippen molar-refractivity contribution < 1.29 is 19.0 Å². The number of fused-ring (bicyclic) bond motifs is 1. The Labute approximate surface area is 207 Å². The monoisotopic (exact) mass is 614 g/mol. The molecule has 1 amide bonds. The third-order valence-corrected chi connectivity index (χ3v) is 7.07. The van der Waals surface area contributed by atoms with Crippen LogP contribution in [0.5, 0.6) is 17.2 Å². The predicted octanol–water partition coefficient (Wildman–Crippen LogP) is 5.67. The summed E-state index contributed by atoms with van der Waals surface area (Å²) in [7, 11) is 0. The highest BCUT2D eigenvalue weighted by atomic mass is 127. The molecule has 0 bridgehead atoms. The lowest BCUT2D eigenvalue weighted by atomic mass is 10.2. The number of rotatable bonds is 6.